The third-order valence-electron chi connectivity index (χ3n) is 5.44. The molecule has 0 atom stereocenters. The van der Waals surface area contributed by atoms with Crippen molar-refractivity contribution in [2.45, 2.75) is 13.3 Å². The lowest BCUT2D eigenvalue weighted by atomic mass is 9.98. The first-order chi connectivity index (χ1) is 13.7. The molecule has 0 amide bonds. The van der Waals surface area contributed by atoms with Gasteiger partial charge in [-0.25, -0.2) is 4.98 Å². The first-order valence-electron chi connectivity index (χ1n) is 9.58. The zero-order valence-corrected chi connectivity index (χ0v) is 15.8. The van der Waals surface area contributed by atoms with Gasteiger partial charge in [0.1, 0.15) is 5.82 Å². The molecule has 1 N–H and O–H groups in total. The predicted octanol–water partition coefficient (Wildman–Crippen LogP) is 3.32. The highest BCUT2D eigenvalue weighted by Crippen LogP contribution is 2.28. The summed E-state index contributed by atoms with van der Waals surface area (Å²) in [5.41, 5.74) is 3.87. The molecule has 1 saturated heterocycles. The Bertz CT molecular complexity index is 1160. The SMILES string of the molecule is Cc1nn2c(O)cc(N3CCOCC3)nc2c1Cc1cccc2ccccc12. The number of rotatable bonds is 3. The van der Waals surface area contributed by atoms with Crippen LogP contribution in [0.1, 0.15) is 16.8 Å². The maximum atomic E-state index is 10.6. The fraction of sp³-hybridized carbons (Fsp3) is 0.273. The molecule has 1 aliphatic heterocycles. The molecule has 4 aromatic rings. The van der Waals surface area contributed by atoms with E-state index in [1.807, 2.05) is 6.92 Å². The number of fused-ring (bicyclic) bond motifs is 2. The van der Waals surface area contributed by atoms with Crippen molar-refractivity contribution in [2.24, 2.45) is 0 Å². The van der Waals surface area contributed by atoms with Crippen LogP contribution < -0.4 is 4.90 Å². The number of morpholine rings is 1. The molecular weight excluding hydrogens is 352 g/mol. The number of hydrogen-bond acceptors (Lipinski definition) is 5. The Morgan fingerprint density at radius 1 is 1.07 bits per heavy atom. The second-order valence-electron chi connectivity index (χ2n) is 7.19. The fourth-order valence-electron chi connectivity index (χ4n) is 3.94. The summed E-state index contributed by atoms with van der Waals surface area (Å²) in [6.45, 7) is 4.87. The van der Waals surface area contributed by atoms with Gasteiger partial charge in [0.05, 0.1) is 18.9 Å². The van der Waals surface area contributed by atoms with Crippen LogP contribution in [0.2, 0.25) is 0 Å². The van der Waals surface area contributed by atoms with Gasteiger partial charge in [0.15, 0.2) is 5.65 Å². The maximum absolute atomic E-state index is 10.6. The van der Waals surface area contributed by atoms with Crippen molar-refractivity contribution < 1.29 is 9.84 Å². The van der Waals surface area contributed by atoms with E-state index >= 15 is 0 Å². The third-order valence-corrected chi connectivity index (χ3v) is 5.44. The van der Waals surface area contributed by atoms with Crippen LogP contribution in [0.15, 0.2) is 48.5 Å². The van der Waals surface area contributed by atoms with Crippen molar-refractivity contribution in [3.63, 3.8) is 0 Å². The lowest BCUT2D eigenvalue weighted by Gasteiger charge is -2.27. The van der Waals surface area contributed by atoms with Crippen LogP contribution in [0.4, 0.5) is 5.82 Å². The highest BCUT2D eigenvalue weighted by atomic mass is 16.5. The molecule has 2 aromatic carbocycles. The molecule has 0 bridgehead atoms. The largest absolute Gasteiger partial charge is 0.493 e. The lowest BCUT2D eigenvalue weighted by Crippen LogP contribution is -2.36. The summed E-state index contributed by atoms with van der Waals surface area (Å²) >= 11 is 0. The second kappa shape index (κ2) is 6.80. The molecule has 5 rings (SSSR count). The van der Waals surface area contributed by atoms with Gasteiger partial charge < -0.3 is 14.7 Å². The van der Waals surface area contributed by atoms with Gasteiger partial charge in [0.25, 0.3) is 0 Å². The van der Waals surface area contributed by atoms with Crippen LogP contribution in [-0.2, 0) is 11.2 Å². The first-order valence-corrected chi connectivity index (χ1v) is 9.58. The van der Waals surface area contributed by atoms with Gasteiger partial charge in [-0.15, -0.1) is 0 Å². The van der Waals surface area contributed by atoms with Crippen molar-refractivity contribution in [1.82, 2.24) is 14.6 Å². The quantitative estimate of drug-likeness (QED) is 0.596. The molecule has 0 saturated carbocycles. The molecule has 28 heavy (non-hydrogen) atoms. The molecule has 0 aliphatic carbocycles. The molecule has 0 radical (unpaired) electrons. The second-order valence-corrected chi connectivity index (χ2v) is 7.19. The zero-order valence-electron chi connectivity index (χ0n) is 15.8. The average Bonchev–Trinajstić information content (AvgIpc) is 3.05. The molecule has 1 fully saturated rings. The number of aryl methyl sites for hydroxylation is 1. The normalized spacial score (nSPS) is 14.8. The van der Waals surface area contributed by atoms with Gasteiger partial charge in [0.2, 0.25) is 5.88 Å². The lowest BCUT2D eigenvalue weighted by molar-refractivity contribution is 0.122. The molecule has 1 aliphatic rings. The van der Waals surface area contributed by atoms with E-state index in [2.05, 4.69) is 52.5 Å². The van der Waals surface area contributed by atoms with Crippen molar-refractivity contribution >= 4 is 22.2 Å². The Hall–Kier alpha value is -3.12. The summed E-state index contributed by atoms with van der Waals surface area (Å²) in [6, 6.07) is 16.4. The van der Waals surface area contributed by atoms with E-state index in [9.17, 15) is 5.11 Å². The number of hydrogen-bond donors (Lipinski definition) is 1. The molecule has 6 nitrogen and oxygen atoms in total. The van der Waals surface area contributed by atoms with Gasteiger partial charge in [-0.2, -0.15) is 9.61 Å². The van der Waals surface area contributed by atoms with Crippen LogP contribution in [0.3, 0.4) is 0 Å². The third kappa shape index (κ3) is 2.86. The number of nitrogens with zero attached hydrogens (tertiary/aromatic N) is 4. The zero-order chi connectivity index (χ0) is 19.1. The summed E-state index contributed by atoms with van der Waals surface area (Å²) in [7, 11) is 0. The Morgan fingerprint density at radius 2 is 1.86 bits per heavy atom. The Labute approximate surface area is 163 Å². The molecule has 142 valence electrons. The molecule has 2 aromatic heterocycles. The number of ether oxygens (including phenoxy) is 1. The van der Waals surface area contributed by atoms with Gasteiger partial charge in [-0.1, -0.05) is 42.5 Å². The summed E-state index contributed by atoms with van der Waals surface area (Å²) in [5, 5.41) is 17.6. The van der Waals surface area contributed by atoms with Crippen molar-refractivity contribution in [1.29, 1.82) is 0 Å². The average molecular weight is 374 g/mol. The van der Waals surface area contributed by atoms with Gasteiger partial charge in [-0.3, -0.25) is 0 Å². The highest BCUT2D eigenvalue weighted by molar-refractivity contribution is 5.86. The van der Waals surface area contributed by atoms with Crippen LogP contribution in [-0.4, -0.2) is 46.0 Å². The van der Waals surface area contributed by atoms with E-state index < -0.39 is 0 Å². The molecule has 0 spiro atoms. The van der Waals surface area contributed by atoms with Crippen molar-refractivity contribution in [3.05, 3.63) is 65.4 Å². The fourth-order valence-corrected chi connectivity index (χ4v) is 3.94. The van der Waals surface area contributed by atoms with E-state index in [0.717, 1.165) is 36.6 Å². The number of aromatic nitrogens is 3. The molecular formula is C22H22N4O2. The topological polar surface area (TPSA) is 62.9 Å². The molecule has 6 heteroatoms. The standard InChI is InChI=1S/C22H22N4O2/c1-15-19(13-17-7-4-6-16-5-2-3-8-18(16)17)22-23-20(14-21(27)26(22)24-15)25-9-11-28-12-10-25/h2-8,14,27H,9-13H2,1H3. The van der Waals surface area contributed by atoms with E-state index in [4.69, 9.17) is 9.72 Å². The first kappa shape index (κ1) is 17.0. The summed E-state index contributed by atoms with van der Waals surface area (Å²) in [6.07, 6.45) is 0.718. The van der Waals surface area contributed by atoms with Gasteiger partial charge >= 0.3 is 0 Å². The predicted molar refractivity (Wildman–Crippen MR) is 109 cm³/mol. The Morgan fingerprint density at radius 3 is 2.71 bits per heavy atom. The highest BCUT2D eigenvalue weighted by Gasteiger charge is 2.19. The summed E-state index contributed by atoms with van der Waals surface area (Å²) < 4.78 is 6.98. The van der Waals surface area contributed by atoms with Gasteiger partial charge in [-0.05, 0) is 23.3 Å². The minimum absolute atomic E-state index is 0.110. The van der Waals surface area contributed by atoms with Gasteiger partial charge in [0, 0.05) is 31.1 Å². The molecule has 0 unspecified atom stereocenters. The smallest absolute Gasteiger partial charge is 0.217 e. The van der Waals surface area contributed by atoms with E-state index in [1.165, 1.54) is 16.3 Å². The Kier molecular flexibility index (Phi) is 4.13. The van der Waals surface area contributed by atoms with Crippen LogP contribution in [0, 0.1) is 6.92 Å². The number of benzene rings is 2. The number of anilines is 1. The van der Waals surface area contributed by atoms with Crippen molar-refractivity contribution in [3.8, 4) is 5.88 Å². The number of aromatic hydroxyl groups is 1. The van der Waals surface area contributed by atoms with E-state index in [0.29, 0.717) is 18.9 Å². The molecule has 3 heterocycles. The maximum Gasteiger partial charge on any atom is 0.217 e. The van der Waals surface area contributed by atoms with Crippen LogP contribution >= 0.6 is 0 Å². The summed E-state index contributed by atoms with van der Waals surface area (Å²) in [5.74, 6) is 0.881. The van der Waals surface area contributed by atoms with Crippen molar-refractivity contribution in [2.75, 3.05) is 31.2 Å². The minimum Gasteiger partial charge on any atom is -0.493 e. The summed E-state index contributed by atoms with van der Waals surface area (Å²) in [4.78, 5) is 7.01. The van der Waals surface area contributed by atoms with Crippen LogP contribution in [0.5, 0.6) is 5.88 Å². The van der Waals surface area contributed by atoms with E-state index in [1.54, 1.807) is 10.6 Å². The monoisotopic (exact) mass is 374 g/mol. The van der Waals surface area contributed by atoms with Crippen LogP contribution in [0.25, 0.3) is 16.4 Å². The Balaban J connectivity index is 1.62. The minimum atomic E-state index is 0.110. The van der Waals surface area contributed by atoms with E-state index in [-0.39, 0.29) is 5.88 Å².